The van der Waals surface area contributed by atoms with Gasteiger partial charge in [0.2, 0.25) is 0 Å². The van der Waals surface area contributed by atoms with E-state index in [4.69, 9.17) is 9.47 Å². The van der Waals surface area contributed by atoms with Crippen LogP contribution < -0.4 is 20.1 Å². The average molecular weight is 465 g/mol. The molecule has 0 aliphatic carbocycles. The summed E-state index contributed by atoms with van der Waals surface area (Å²) in [6, 6.07) is 27.7. The van der Waals surface area contributed by atoms with Crippen molar-refractivity contribution in [3.63, 3.8) is 0 Å². The number of aliphatic hydroxyl groups is 2. The van der Waals surface area contributed by atoms with Gasteiger partial charge in [-0.1, -0.05) is 60.7 Å². The van der Waals surface area contributed by atoms with Gasteiger partial charge in [-0.2, -0.15) is 0 Å². The number of aliphatic hydroxyl groups excluding tert-OH is 2. The minimum Gasteiger partial charge on any atom is -0.491 e. The minimum absolute atomic E-state index is 0.152. The molecule has 0 aliphatic rings. The van der Waals surface area contributed by atoms with Crippen LogP contribution >= 0.6 is 0 Å². The third-order valence-corrected chi connectivity index (χ3v) is 5.63. The second-order valence-corrected chi connectivity index (χ2v) is 8.48. The third-order valence-electron chi connectivity index (χ3n) is 5.63. The molecule has 182 valence electrons. The lowest BCUT2D eigenvalue weighted by molar-refractivity contribution is 0.102. The Bertz CT molecular complexity index is 859. The maximum atomic E-state index is 10.2. The fraction of sp³-hybridized carbons (Fsp3) is 0.357. The molecular formula is C28H36N2O4. The molecule has 4 atom stereocenters. The van der Waals surface area contributed by atoms with Crippen LogP contribution in [0.4, 0.5) is 0 Å². The molecule has 0 heterocycles. The summed E-state index contributed by atoms with van der Waals surface area (Å²) in [5.41, 5.74) is 2.36. The van der Waals surface area contributed by atoms with Gasteiger partial charge in [0, 0.05) is 25.2 Å². The summed E-state index contributed by atoms with van der Waals surface area (Å²) >= 11 is 0. The van der Waals surface area contributed by atoms with Gasteiger partial charge in [-0.05, 0) is 49.2 Å². The summed E-state index contributed by atoms with van der Waals surface area (Å²) in [4.78, 5) is 0. The molecule has 0 saturated carbocycles. The van der Waals surface area contributed by atoms with Crippen LogP contribution in [0.3, 0.4) is 0 Å². The van der Waals surface area contributed by atoms with E-state index < -0.39 is 12.2 Å². The van der Waals surface area contributed by atoms with Gasteiger partial charge < -0.3 is 30.3 Å². The number of hydrogen-bond donors (Lipinski definition) is 4. The molecule has 0 fully saturated rings. The lowest BCUT2D eigenvalue weighted by Gasteiger charge is -2.18. The van der Waals surface area contributed by atoms with Crippen molar-refractivity contribution in [1.29, 1.82) is 0 Å². The van der Waals surface area contributed by atoms with Gasteiger partial charge >= 0.3 is 0 Å². The first kappa shape index (κ1) is 25.7. The highest BCUT2D eigenvalue weighted by molar-refractivity contribution is 5.31. The Labute approximate surface area is 202 Å². The summed E-state index contributed by atoms with van der Waals surface area (Å²) in [6.07, 6.45) is -1.24. The number of ether oxygens (including phenoxy) is 2. The van der Waals surface area contributed by atoms with Crippen LogP contribution in [-0.4, -0.2) is 48.7 Å². The molecule has 4 N–H and O–H groups in total. The highest BCUT2D eigenvalue weighted by atomic mass is 16.5. The van der Waals surface area contributed by atoms with Crippen molar-refractivity contribution in [2.45, 2.75) is 38.1 Å². The molecule has 0 amide bonds. The van der Waals surface area contributed by atoms with Crippen LogP contribution in [0.5, 0.6) is 11.5 Å². The quantitative estimate of drug-likeness (QED) is 0.290. The Morgan fingerprint density at radius 2 is 0.941 bits per heavy atom. The molecule has 0 bridgehead atoms. The number of benzene rings is 3. The van der Waals surface area contributed by atoms with Crippen LogP contribution in [0.25, 0.3) is 0 Å². The van der Waals surface area contributed by atoms with E-state index in [0.717, 1.165) is 0 Å². The second-order valence-electron chi connectivity index (χ2n) is 8.48. The van der Waals surface area contributed by atoms with Gasteiger partial charge in [0.15, 0.2) is 0 Å². The average Bonchev–Trinajstić information content (AvgIpc) is 2.89. The maximum absolute atomic E-state index is 10.2. The van der Waals surface area contributed by atoms with Crippen molar-refractivity contribution in [3.8, 4) is 11.5 Å². The van der Waals surface area contributed by atoms with Crippen molar-refractivity contribution in [3.05, 3.63) is 96.1 Å². The fourth-order valence-corrected chi connectivity index (χ4v) is 3.48. The molecular weight excluding hydrogens is 428 g/mol. The Morgan fingerprint density at radius 3 is 1.29 bits per heavy atom. The summed E-state index contributed by atoms with van der Waals surface area (Å²) in [5.74, 6) is 1.31. The predicted octanol–water partition coefficient (Wildman–Crippen LogP) is 3.87. The van der Waals surface area contributed by atoms with E-state index in [1.807, 2.05) is 36.4 Å². The van der Waals surface area contributed by atoms with Crippen molar-refractivity contribution in [2.24, 2.45) is 0 Å². The Hall–Kier alpha value is -2.90. The van der Waals surface area contributed by atoms with E-state index >= 15 is 0 Å². The van der Waals surface area contributed by atoms with Gasteiger partial charge in [-0.25, -0.2) is 0 Å². The van der Waals surface area contributed by atoms with E-state index in [1.54, 1.807) is 24.3 Å². The van der Waals surface area contributed by atoms with Crippen molar-refractivity contribution in [2.75, 3.05) is 26.3 Å². The topological polar surface area (TPSA) is 83.0 Å². The molecule has 3 aromatic rings. The zero-order valence-corrected chi connectivity index (χ0v) is 19.9. The van der Waals surface area contributed by atoms with Gasteiger partial charge in [0.25, 0.3) is 0 Å². The Balaban J connectivity index is 1.32. The highest BCUT2D eigenvalue weighted by Crippen LogP contribution is 2.18. The first-order valence-electron chi connectivity index (χ1n) is 11.8. The maximum Gasteiger partial charge on any atom is 0.119 e. The number of nitrogens with one attached hydrogen (secondary N) is 2. The van der Waals surface area contributed by atoms with E-state index in [0.29, 0.717) is 24.6 Å². The van der Waals surface area contributed by atoms with Crippen molar-refractivity contribution in [1.82, 2.24) is 10.6 Å². The van der Waals surface area contributed by atoms with Crippen LogP contribution in [-0.2, 0) is 0 Å². The molecule has 0 aliphatic heterocycles. The summed E-state index contributed by atoms with van der Waals surface area (Å²) in [6.45, 7) is 5.40. The van der Waals surface area contributed by atoms with Crippen LogP contribution in [0.2, 0.25) is 0 Å². The van der Waals surface area contributed by atoms with Gasteiger partial charge in [0.1, 0.15) is 36.9 Å². The van der Waals surface area contributed by atoms with Gasteiger partial charge in [-0.15, -0.1) is 0 Å². The van der Waals surface area contributed by atoms with E-state index in [2.05, 4.69) is 48.7 Å². The SMILES string of the molecule is C[C@H](NC[C@H](O)COc1ccc(OC[C@H](O)CN[C@H](C)c2ccccc2)cc1)c1ccccc1. The molecule has 0 aromatic heterocycles. The molecule has 0 radical (unpaired) electrons. The van der Waals surface area contributed by atoms with E-state index in [-0.39, 0.29) is 25.3 Å². The molecule has 3 rings (SSSR count). The standard InChI is InChI=1S/C28H36N2O4/c1-21(23-9-5-3-6-10-23)29-17-25(31)19-33-27-13-15-28(16-14-27)34-20-26(32)18-30-22(2)24-11-7-4-8-12-24/h3-16,21-22,25-26,29-32H,17-20H2,1-2H3/t21-,22+,25-,26+. The minimum atomic E-state index is -0.622. The van der Waals surface area contributed by atoms with Gasteiger partial charge in [-0.3, -0.25) is 0 Å². The molecule has 0 unspecified atom stereocenters. The van der Waals surface area contributed by atoms with Gasteiger partial charge in [0.05, 0.1) is 0 Å². The van der Waals surface area contributed by atoms with Crippen LogP contribution in [0, 0.1) is 0 Å². The normalized spacial score (nSPS) is 14.7. The molecule has 6 nitrogen and oxygen atoms in total. The smallest absolute Gasteiger partial charge is 0.119 e. The Kier molecular flexibility index (Phi) is 10.4. The van der Waals surface area contributed by atoms with E-state index in [1.165, 1.54) is 11.1 Å². The lowest BCUT2D eigenvalue weighted by atomic mass is 10.1. The highest BCUT2D eigenvalue weighted by Gasteiger charge is 2.11. The fourth-order valence-electron chi connectivity index (χ4n) is 3.48. The summed E-state index contributed by atoms with van der Waals surface area (Å²) in [7, 11) is 0. The second kappa shape index (κ2) is 13.7. The molecule has 3 aromatic carbocycles. The zero-order chi connectivity index (χ0) is 24.2. The van der Waals surface area contributed by atoms with E-state index in [9.17, 15) is 10.2 Å². The molecule has 0 saturated heterocycles. The molecule has 0 spiro atoms. The van der Waals surface area contributed by atoms with Crippen molar-refractivity contribution >= 4 is 0 Å². The monoisotopic (exact) mass is 464 g/mol. The van der Waals surface area contributed by atoms with Crippen molar-refractivity contribution < 1.29 is 19.7 Å². The largest absolute Gasteiger partial charge is 0.491 e. The van der Waals surface area contributed by atoms with Crippen LogP contribution in [0.1, 0.15) is 37.1 Å². The van der Waals surface area contributed by atoms with Crippen LogP contribution in [0.15, 0.2) is 84.9 Å². The summed E-state index contributed by atoms with van der Waals surface area (Å²) in [5, 5.41) is 27.1. The first-order valence-corrected chi connectivity index (χ1v) is 11.8. The predicted molar refractivity (Wildman–Crippen MR) is 135 cm³/mol. The number of rotatable bonds is 14. The number of hydrogen-bond acceptors (Lipinski definition) is 6. The molecule has 34 heavy (non-hydrogen) atoms. The molecule has 6 heteroatoms. The summed E-state index contributed by atoms with van der Waals surface area (Å²) < 4.78 is 11.4. The first-order chi connectivity index (χ1) is 16.5. The zero-order valence-electron chi connectivity index (χ0n) is 19.9. The third kappa shape index (κ3) is 8.80. The lowest BCUT2D eigenvalue weighted by Crippen LogP contribution is -2.33. The Morgan fingerprint density at radius 1 is 0.588 bits per heavy atom.